The number of nitrogens with one attached hydrogen (secondary N) is 1. The van der Waals surface area contributed by atoms with E-state index in [1.165, 1.54) is 16.9 Å². The number of thiophene rings is 1. The standard InChI is InChI=1S/C22H22Cl2N2O2S/c1-14(20(15-5-3-2-4-6-15)26-9-11-28-12-10-26)25-22(27)21-19(24)17-8-7-16(23)13-18(17)29-21/h2-8,13-14,20H,9-12H2,1H3,(H,25,27). The first-order valence-corrected chi connectivity index (χ1v) is 11.2. The first-order chi connectivity index (χ1) is 14.0. The van der Waals surface area contributed by atoms with Gasteiger partial charge in [0.15, 0.2) is 0 Å². The van der Waals surface area contributed by atoms with E-state index in [1.807, 2.05) is 37.3 Å². The third-order valence-electron chi connectivity index (χ3n) is 5.21. The van der Waals surface area contributed by atoms with Crippen LogP contribution in [0.15, 0.2) is 48.5 Å². The van der Waals surface area contributed by atoms with Gasteiger partial charge >= 0.3 is 0 Å². The first kappa shape index (κ1) is 20.6. The molecule has 7 heteroatoms. The van der Waals surface area contributed by atoms with Crippen molar-refractivity contribution in [1.29, 1.82) is 0 Å². The van der Waals surface area contributed by atoms with Crippen molar-refractivity contribution in [3.8, 4) is 0 Å². The summed E-state index contributed by atoms with van der Waals surface area (Å²) in [5, 5.41) is 5.15. The van der Waals surface area contributed by atoms with Crippen molar-refractivity contribution in [3.05, 3.63) is 69.0 Å². The number of morpholine rings is 1. The Hall–Kier alpha value is -1.63. The number of halogens is 2. The molecule has 3 aromatic rings. The van der Waals surface area contributed by atoms with Crippen LogP contribution >= 0.6 is 34.5 Å². The van der Waals surface area contributed by atoms with E-state index in [4.69, 9.17) is 27.9 Å². The molecule has 4 rings (SSSR count). The lowest BCUT2D eigenvalue weighted by Crippen LogP contribution is -2.48. The van der Waals surface area contributed by atoms with E-state index in [0.29, 0.717) is 28.1 Å². The summed E-state index contributed by atoms with van der Waals surface area (Å²) in [6, 6.07) is 15.7. The van der Waals surface area contributed by atoms with Crippen LogP contribution in [-0.4, -0.2) is 43.2 Å². The third kappa shape index (κ3) is 4.44. The third-order valence-corrected chi connectivity index (χ3v) is 7.10. The van der Waals surface area contributed by atoms with Crippen molar-refractivity contribution in [1.82, 2.24) is 10.2 Å². The largest absolute Gasteiger partial charge is 0.379 e. The summed E-state index contributed by atoms with van der Waals surface area (Å²) in [5.74, 6) is -0.158. The van der Waals surface area contributed by atoms with Crippen LogP contribution in [0.2, 0.25) is 10.0 Å². The molecule has 152 valence electrons. The van der Waals surface area contributed by atoms with Crippen LogP contribution in [-0.2, 0) is 4.74 Å². The molecule has 1 aliphatic heterocycles. The summed E-state index contributed by atoms with van der Waals surface area (Å²) in [6.45, 7) is 5.12. The molecule has 4 nitrogen and oxygen atoms in total. The van der Waals surface area contributed by atoms with E-state index in [0.717, 1.165) is 23.2 Å². The van der Waals surface area contributed by atoms with Crippen LogP contribution in [0.1, 0.15) is 28.2 Å². The highest BCUT2D eigenvalue weighted by Crippen LogP contribution is 2.37. The van der Waals surface area contributed by atoms with Crippen LogP contribution in [0.3, 0.4) is 0 Å². The molecule has 2 atom stereocenters. The summed E-state index contributed by atoms with van der Waals surface area (Å²) in [7, 11) is 0. The molecule has 0 radical (unpaired) electrons. The molecule has 1 fully saturated rings. The van der Waals surface area contributed by atoms with Gasteiger partial charge in [0.25, 0.3) is 5.91 Å². The zero-order chi connectivity index (χ0) is 20.4. The number of fused-ring (bicyclic) bond motifs is 1. The van der Waals surface area contributed by atoms with Gasteiger partial charge < -0.3 is 10.1 Å². The topological polar surface area (TPSA) is 41.6 Å². The maximum Gasteiger partial charge on any atom is 0.263 e. The van der Waals surface area contributed by atoms with E-state index in [9.17, 15) is 4.79 Å². The molecule has 0 spiro atoms. The summed E-state index contributed by atoms with van der Waals surface area (Å²) in [4.78, 5) is 16.0. The maximum atomic E-state index is 13.1. The molecule has 1 N–H and O–H groups in total. The predicted octanol–water partition coefficient (Wildman–Crippen LogP) is 5.40. The number of ether oxygens (including phenoxy) is 1. The SMILES string of the molecule is CC(NC(=O)c1sc2cc(Cl)ccc2c1Cl)C(c1ccccc1)N1CCOCC1. The first-order valence-electron chi connectivity index (χ1n) is 9.60. The Morgan fingerprint density at radius 3 is 2.59 bits per heavy atom. The Morgan fingerprint density at radius 2 is 1.86 bits per heavy atom. The minimum absolute atomic E-state index is 0.0617. The molecular weight excluding hydrogens is 427 g/mol. The molecule has 0 saturated carbocycles. The van der Waals surface area contributed by atoms with Crippen molar-refractivity contribution >= 4 is 50.5 Å². The van der Waals surface area contributed by atoms with Crippen LogP contribution in [0.25, 0.3) is 10.1 Å². The van der Waals surface area contributed by atoms with Crippen LogP contribution in [0, 0.1) is 0 Å². The van der Waals surface area contributed by atoms with Gasteiger partial charge in [-0.3, -0.25) is 9.69 Å². The summed E-state index contributed by atoms with van der Waals surface area (Å²) in [5.41, 5.74) is 1.18. The minimum Gasteiger partial charge on any atom is -0.379 e. The number of amides is 1. The van der Waals surface area contributed by atoms with Gasteiger partial charge in [-0.15, -0.1) is 11.3 Å². The molecule has 2 heterocycles. The van der Waals surface area contributed by atoms with Gasteiger partial charge in [0.2, 0.25) is 0 Å². The molecular formula is C22H22Cl2N2O2S. The average molecular weight is 449 g/mol. The Balaban J connectivity index is 1.59. The lowest BCUT2D eigenvalue weighted by molar-refractivity contribution is 0.00890. The van der Waals surface area contributed by atoms with E-state index < -0.39 is 0 Å². The number of hydrogen-bond acceptors (Lipinski definition) is 4. The molecule has 1 aromatic heterocycles. The molecule has 1 amide bonds. The van der Waals surface area contributed by atoms with Crippen molar-refractivity contribution in [3.63, 3.8) is 0 Å². The summed E-state index contributed by atoms with van der Waals surface area (Å²) >= 11 is 14.0. The average Bonchev–Trinajstić information content (AvgIpc) is 3.05. The number of carbonyl (C=O) groups is 1. The highest BCUT2D eigenvalue weighted by Gasteiger charge is 2.29. The van der Waals surface area contributed by atoms with Crippen molar-refractivity contribution in [2.45, 2.75) is 19.0 Å². The minimum atomic E-state index is -0.158. The molecule has 0 aliphatic carbocycles. The van der Waals surface area contributed by atoms with Gasteiger partial charge in [0.05, 0.1) is 24.3 Å². The second-order valence-corrected chi connectivity index (χ2v) is 9.02. The fourth-order valence-electron chi connectivity index (χ4n) is 3.86. The summed E-state index contributed by atoms with van der Waals surface area (Å²) in [6.07, 6.45) is 0. The molecule has 1 saturated heterocycles. The molecule has 29 heavy (non-hydrogen) atoms. The van der Waals surface area contributed by atoms with Gasteiger partial charge in [0, 0.05) is 34.2 Å². The number of carbonyl (C=O) groups excluding carboxylic acids is 1. The van der Waals surface area contributed by atoms with E-state index in [-0.39, 0.29) is 18.0 Å². The highest BCUT2D eigenvalue weighted by atomic mass is 35.5. The normalized spacial score (nSPS) is 17.2. The Bertz CT molecular complexity index is 1000. The molecule has 2 aromatic carbocycles. The zero-order valence-corrected chi connectivity index (χ0v) is 18.4. The van der Waals surface area contributed by atoms with Gasteiger partial charge in [0.1, 0.15) is 4.88 Å². The predicted molar refractivity (Wildman–Crippen MR) is 120 cm³/mol. The second-order valence-electron chi connectivity index (χ2n) is 7.15. The van der Waals surface area contributed by atoms with Crippen LogP contribution in [0.5, 0.6) is 0 Å². The van der Waals surface area contributed by atoms with Crippen molar-refractivity contribution < 1.29 is 9.53 Å². The highest BCUT2D eigenvalue weighted by molar-refractivity contribution is 7.21. The molecule has 2 unspecified atom stereocenters. The molecule has 1 aliphatic rings. The fraction of sp³-hybridized carbons (Fsp3) is 0.318. The monoisotopic (exact) mass is 448 g/mol. The quantitative estimate of drug-likeness (QED) is 0.567. The van der Waals surface area contributed by atoms with Crippen LogP contribution in [0.4, 0.5) is 0 Å². The smallest absolute Gasteiger partial charge is 0.263 e. The van der Waals surface area contributed by atoms with Gasteiger partial charge in [-0.2, -0.15) is 0 Å². The van der Waals surface area contributed by atoms with Gasteiger partial charge in [-0.1, -0.05) is 59.6 Å². The lowest BCUT2D eigenvalue weighted by atomic mass is 9.98. The van der Waals surface area contributed by atoms with E-state index >= 15 is 0 Å². The van der Waals surface area contributed by atoms with Crippen molar-refractivity contribution in [2.24, 2.45) is 0 Å². The number of benzene rings is 2. The van der Waals surface area contributed by atoms with Crippen molar-refractivity contribution in [2.75, 3.05) is 26.3 Å². The Labute approximate surface area is 184 Å². The lowest BCUT2D eigenvalue weighted by Gasteiger charge is -2.38. The molecule has 0 bridgehead atoms. The second kappa shape index (κ2) is 9.02. The number of nitrogens with zero attached hydrogens (tertiary/aromatic N) is 1. The number of rotatable bonds is 5. The Morgan fingerprint density at radius 1 is 1.14 bits per heavy atom. The number of hydrogen-bond donors (Lipinski definition) is 1. The van der Waals surface area contributed by atoms with E-state index in [2.05, 4.69) is 22.3 Å². The van der Waals surface area contributed by atoms with Gasteiger partial charge in [-0.05, 0) is 24.6 Å². The van der Waals surface area contributed by atoms with E-state index in [1.54, 1.807) is 6.07 Å². The fourth-order valence-corrected chi connectivity index (χ4v) is 5.55. The zero-order valence-electron chi connectivity index (χ0n) is 16.0. The van der Waals surface area contributed by atoms with Crippen LogP contribution < -0.4 is 5.32 Å². The summed E-state index contributed by atoms with van der Waals surface area (Å²) < 4.78 is 6.43. The maximum absolute atomic E-state index is 13.1. The Kier molecular flexibility index (Phi) is 6.42. The van der Waals surface area contributed by atoms with Gasteiger partial charge in [-0.25, -0.2) is 0 Å².